The van der Waals surface area contributed by atoms with Crippen molar-refractivity contribution in [3.63, 3.8) is 0 Å². The van der Waals surface area contributed by atoms with Crippen LogP contribution in [0.2, 0.25) is 0 Å². The lowest BCUT2D eigenvalue weighted by molar-refractivity contribution is 0.685. The predicted molar refractivity (Wildman–Crippen MR) is 72.4 cm³/mol. The molecule has 3 rings (SSSR count). The van der Waals surface area contributed by atoms with Gasteiger partial charge in [0.1, 0.15) is 0 Å². The molecule has 1 aliphatic heterocycles. The highest BCUT2D eigenvalue weighted by Gasteiger charge is 2.15. The molecule has 1 heterocycles. The van der Waals surface area contributed by atoms with Gasteiger partial charge in [-0.1, -0.05) is 6.07 Å². The van der Waals surface area contributed by atoms with Crippen molar-refractivity contribution in [3.05, 3.63) is 29.3 Å². The molecule has 1 aliphatic carbocycles. The van der Waals surface area contributed by atoms with Crippen LogP contribution >= 0.6 is 11.8 Å². The van der Waals surface area contributed by atoms with Gasteiger partial charge in [-0.25, -0.2) is 0 Å². The summed E-state index contributed by atoms with van der Waals surface area (Å²) in [6, 6.07) is 7.66. The Kier molecular flexibility index (Phi) is 3.09. The van der Waals surface area contributed by atoms with E-state index in [2.05, 4.69) is 35.3 Å². The summed E-state index contributed by atoms with van der Waals surface area (Å²) >= 11 is 2.09. The minimum atomic E-state index is 0.693. The number of benzene rings is 1. The van der Waals surface area contributed by atoms with Crippen LogP contribution in [0.15, 0.2) is 18.2 Å². The van der Waals surface area contributed by atoms with Crippen molar-refractivity contribution >= 4 is 17.4 Å². The normalized spacial score (nSPS) is 24.1. The van der Waals surface area contributed by atoms with Gasteiger partial charge < -0.3 is 5.32 Å². The minimum absolute atomic E-state index is 0.693. The molecule has 1 fully saturated rings. The molecule has 0 saturated carbocycles. The Morgan fingerprint density at radius 2 is 2.06 bits per heavy atom. The van der Waals surface area contributed by atoms with E-state index in [1.54, 1.807) is 11.1 Å². The quantitative estimate of drug-likeness (QED) is 0.839. The first kappa shape index (κ1) is 10.5. The third kappa shape index (κ3) is 2.22. The molecule has 1 unspecified atom stereocenters. The molecule has 0 radical (unpaired) electrons. The van der Waals surface area contributed by atoms with Gasteiger partial charge in [0, 0.05) is 17.5 Å². The van der Waals surface area contributed by atoms with Crippen LogP contribution in [0.3, 0.4) is 0 Å². The molecule has 0 aromatic heterocycles. The highest BCUT2D eigenvalue weighted by molar-refractivity contribution is 7.99. The van der Waals surface area contributed by atoms with Gasteiger partial charge in [0.15, 0.2) is 0 Å². The Morgan fingerprint density at radius 1 is 1.12 bits per heavy atom. The van der Waals surface area contributed by atoms with Crippen LogP contribution in [0.1, 0.15) is 30.4 Å². The van der Waals surface area contributed by atoms with E-state index < -0.39 is 0 Å². The van der Waals surface area contributed by atoms with E-state index >= 15 is 0 Å². The van der Waals surface area contributed by atoms with Gasteiger partial charge in [0.05, 0.1) is 0 Å². The summed E-state index contributed by atoms with van der Waals surface area (Å²) in [4.78, 5) is 0. The Hall–Kier alpha value is -0.630. The summed E-state index contributed by atoms with van der Waals surface area (Å²) in [6.07, 6.45) is 6.62. The SMILES string of the molecule is c1cc2c(cc1NC1CCCSC1)CCC2. The Morgan fingerprint density at radius 3 is 2.94 bits per heavy atom. The fourth-order valence-corrected chi connectivity index (χ4v) is 3.82. The first-order valence-corrected chi connectivity index (χ1v) is 7.53. The molecule has 0 spiro atoms. The monoisotopic (exact) mass is 233 g/mol. The number of thioether (sulfide) groups is 1. The first-order valence-electron chi connectivity index (χ1n) is 6.38. The van der Waals surface area contributed by atoms with Crippen molar-refractivity contribution in [1.82, 2.24) is 0 Å². The van der Waals surface area contributed by atoms with Crippen LogP contribution < -0.4 is 5.32 Å². The molecule has 1 atom stereocenters. The second-order valence-corrected chi connectivity index (χ2v) is 6.05. The van der Waals surface area contributed by atoms with Crippen LogP contribution in [-0.4, -0.2) is 17.5 Å². The van der Waals surface area contributed by atoms with Gasteiger partial charge >= 0.3 is 0 Å². The Bertz CT molecular complexity index is 369. The van der Waals surface area contributed by atoms with E-state index in [4.69, 9.17) is 0 Å². The van der Waals surface area contributed by atoms with Crippen molar-refractivity contribution in [1.29, 1.82) is 0 Å². The average molecular weight is 233 g/mol. The lowest BCUT2D eigenvalue weighted by Gasteiger charge is -2.23. The van der Waals surface area contributed by atoms with E-state index in [-0.39, 0.29) is 0 Å². The molecule has 0 bridgehead atoms. The number of anilines is 1. The summed E-state index contributed by atoms with van der Waals surface area (Å²) < 4.78 is 0. The van der Waals surface area contributed by atoms with Crippen LogP contribution in [0, 0.1) is 0 Å². The van der Waals surface area contributed by atoms with Crippen LogP contribution in [0.5, 0.6) is 0 Å². The highest BCUT2D eigenvalue weighted by Crippen LogP contribution is 2.26. The number of hydrogen-bond donors (Lipinski definition) is 1. The maximum Gasteiger partial charge on any atom is 0.0352 e. The number of aryl methyl sites for hydroxylation is 2. The summed E-state index contributed by atoms with van der Waals surface area (Å²) in [6.45, 7) is 0. The third-order valence-corrected chi connectivity index (χ3v) is 4.85. The topological polar surface area (TPSA) is 12.0 Å². The number of hydrogen-bond acceptors (Lipinski definition) is 2. The molecule has 1 N–H and O–H groups in total. The number of fused-ring (bicyclic) bond motifs is 1. The zero-order valence-electron chi connectivity index (χ0n) is 9.67. The molecule has 2 heteroatoms. The van der Waals surface area contributed by atoms with Gasteiger partial charge in [0.2, 0.25) is 0 Å². The summed E-state index contributed by atoms with van der Waals surface area (Å²) in [5.74, 6) is 2.62. The van der Waals surface area contributed by atoms with Crippen molar-refractivity contribution in [2.24, 2.45) is 0 Å². The summed E-state index contributed by atoms with van der Waals surface area (Å²) in [7, 11) is 0. The zero-order valence-corrected chi connectivity index (χ0v) is 10.5. The standard InChI is InChI=1S/C14H19NS/c1-3-11-6-7-13(9-12(11)4-1)15-14-5-2-8-16-10-14/h6-7,9,14-15H,1-5,8,10H2. The van der Waals surface area contributed by atoms with Gasteiger partial charge in [0.25, 0.3) is 0 Å². The second kappa shape index (κ2) is 4.70. The van der Waals surface area contributed by atoms with Gasteiger partial charge in [-0.15, -0.1) is 0 Å². The Balaban J connectivity index is 1.69. The van der Waals surface area contributed by atoms with E-state index in [1.165, 1.54) is 49.3 Å². The van der Waals surface area contributed by atoms with Crippen molar-refractivity contribution in [2.75, 3.05) is 16.8 Å². The largest absolute Gasteiger partial charge is 0.381 e. The van der Waals surface area contributed by atoms with Crippen LogP contribution in [-0.2, 0) is 12.8 Å². The number of nitrogens with one attached hydrogen (secondary N) is 1. The molecule has 1 aromatic carbocycles. The summed E-state index contributed by atoms with van der Waals surface area (Å²) in [5, 5.41) is 3.69. The van der Waals surface area contributed by atoms with E-state index in [1.807, 2.05) is 0 Å². The smallest absolute Gasteiger partial charge is 0.0352 e. The molecule has 0 amide bonds. The molecule has 1 saturated heterocycles. The van der Waals surface area contributed by atoms with Crippen LogP contribution in [0.25, 0.3) is 0 Å². The van der Waals surface area contributed by atoms with Crippen molar-refractivity contribution < 1.29 is 0 Å². The van der Waals surface area contributed by atoms with Crippen LogP contribution in [0.4, 0.5) is 5.69 Å². The fourth-order valence-electron chi connectivity index (χ4n) is 2.75. The molecular formula is C14H19NS. The molecule has 86 valence electrons. The maximum absolute atomic E-state index is 3.69. The molecule has 2 aliphatic rings. The molecule has 16 heavy (non-hydrogen) atoms. The van der Waals surface area contributed by atoms with Crippen molar-refractivity contribution in [3.8, 4) is 0 Å². The van der Waals surface area contributed by atoms with Gasteiger partial charge in [-0.2, -0.15) is 11.8 Å². The van der Waals surface area contributed by atoms with E-state index in [0.29, 0.717) is 6.04 Å². The Labute approximate surface area is 102 Å². The fraction of sp³-hybridized carbons (Fsp3) is 0.571. The lowest BCUT2D eigenvalue weighted by Crippen LogP contribution is -2.25. The minimum Gasteiger partial charge on any atom is -0.381 e. The highest BCUT2D eigenvalue weighted by atomic mass is 32.2. The lowest BCUT2D eigenvalue weighted by atomic mass is 10.1. The predicted octanol–water partition coefficient (Wildman–Crippen LogP) is 3.48. The first-order chi connectivity index (χ1) is 7.92. The zero-order chi connectivity index (χ0) is 10.8. The number of rotatable bonds is 2. The molecule has 1 aromatic rings. The van der Waals surface area contributed by atoms with E-state index in [9.17, 15) is 0 Å². The third-order valence-electron chi connectivity index (χ3n) is 3.63. The maximum atomic E-state index is 3.69. The van der Waals surface area contributed by atoms with Gasteiger partial charge in [-0.3, -0.25) is 0 Å². The van der Waals surface area contributed by atoms with Gasteiger partial charge in [-0.05, 0) is 61.1 Å². The molecular weight excluding hydrogens is 214 g/mol. The van der Waals surface area contributed by atoms with E-state index in [0.717, 1.165) is 0 Å². The van der Waals surface area contributed by atoms with Crippen molar-refractivity contribution in [2.45, 2.75) is 38.1 Å². The molecule has 1 nitrogen and oxygen atoms in total. The summed E-state index contributed by atoms with van der Waals surface area (Å²) in [5.41, 5.74) is 4.49. The second-order valence-electron chi connectivity index (χ2n) is 4.90. The average Bonchev–Trinajstić information content (AvgIpc) is 2.77.